The summed E-state index contributed by atoms with van der Waals surface area (Å²) >= 11 is 0. The minimum absolute atomic E-state index is 0.0859. The Morgan fingerprint density at radius 3 is 2.11 bits per heavy atom. The van der Waals surface area contributed by atoms with Gasteiger partial charge in [0.05, 0.1) is 5.92 Å². The zero-order valence-electron chi connectivity index (χ0n) is 12.0. The quantitative estimate of drug-likeness (QED) is 0.525. The summed E-state index contributed by atoms with van der Waals surface area (Å²) in [4.78, 5) is 0. The van der Waals surface area contributed by atoms with E-state index in [1.165, 1.54) is 6.08 Å². The number of allylic oxidation sites excluding steroid dienone is 1. The molecule has 1 aliphatic carbocycles. The van der Waals surface area contributed by atoms with Crippen molar-refractivity contribution in [3.8, 4) is 0 Å². The minimum atomic E-state index is -4.11. The SMILES string of the molecule is CC(CC1=CC1C(F)(F)F)O[Si](C)(C)C(C)(C)C. The summed E-state index contributed by atoms with van der Waals surface area (Å²) in [6.45, 7) is 12.5. The molecular formula is C13H23F3OSi. The zero-order chi connectivity index (χ0) is 14.4. The van der Waals surface area contributed by atoms with Crippen molar-refractivity contribution in [1.29, 1.82) is 0 Å². The first-order valence-corrected chi connectivity index (χ1v) is 9.20. The molecule has 1 rings (SSSR count). The highest BCUT2D eigenvalue weighted by Gasteiger charge is 2.48. The normalized spacial score (nSPS) is 22.7. The predicted molar refractivity (Wildman–Crippen MR) is 70.0 cm³/mol. The molecule has 18 heavy (non-hydrogen) atoms. The minimum Gasteiger partial charge on any atom is -0.414 e. The second kappa shape index (κ2) is 4.67. The summed E-state index contributed by atoms with van der Waals surface area (Å²) in [5.74, 6) is -1.29. The smallest absolute Gasteiger partial charge is 0.398 e. The third-order valence-electron chi connectivity index (χ3n) is 3.85. The van der Waals surface area contributed by atoms with Crippen LogP contribution in [0, 0.1) is 5.92 Å². The monoisotopic (exact) mass is 280 g/mol. The average molecular weight is 280 g/mol. The maximum Gasteiger partial charge on any atom is 0.398 e. The number of rotatable bonds is 4. The lowest BCUT2D eigenvalue weighted by molar-refractivity contribution is -0.142. The van der Waals surface area contributed by atoms with Crippen LogP contribution in [0.5, 0.6) is 0 Å². The first-order chi connectivity index (χ1) is 7.84. The fourth-order valence-corrected chi connectivity index (χ4v) is 3.16. The molecule has 0 spiro atoms. The molecule has 0 bridgehead atoms. The van der Waals surface area contributed by atoms with Gasteiger partial charge in [-0.15, -0.1) is 0 Å². The highest BCUT2D eigenvalue weighted by atomic mass is 28.4. The van der Waals surface area contributed by atoms with Crippen molar-refractivity contribution in [3.63, 3.8) is 0 Å². The Morgan fingerprint density at radius 2 is 1.78 bits per heavy atom. The first kappa shape index (κ1) is 15.8. The molecule has 0 amide bonds. The molecule has 5 heteroatoms. The van der Waals surface area contributed by atoms with E-state index in [-0.39, 0.29) is 11.1 Å². The Hall–Kier alpha value is -0.293. The molecule has 2 unspecified atom stereocenters. The molecule has 1 aliphatic rings. The van der Waals surface area contributed by atoms with Gasteiger partial charge in [-0.1, -0.05) is 32.4 Å². The summed E-state index contributed by atoms with van der Waals surface area (Å²) in [5, 5.41) is 0.0859. The molecule has 0 aromatic heterocycles. The Morgan fingerprint density at radius 1 is 1.28 bits per heavy atom. The molecule has 0 N–H and O–H groups in total. The predicted octanol–water partition coefficient (Wildman–Crippen LogP) is 4.91. The third kappa shape index (κ3) is 3.85. The second-order valence-electron chi connectivity index (χ2n) is 6.65. The maximum absolute atomic E-state index is 12.4. The van der Waals surface area contributed by atoms with Gasteiger partial charge in [0.15, 0.2) is 8.32 Å². The van der Waals surface area contributed by atoms with E-state index in [0.29, 0.717) is 12.0 Å². The van der Waals surface area contributed by atoms with E-state index in [1.807, 2.05) is 6.92 Å². The van der Waals surface area contributed by atoms with Crippen LogP contribution in [0.2, 0.25) is 18.1 Å². The third-order valence-corrected chi connectivity index (χ3v) is 8.45. The van der Waals surface area contributed by atoms with Crippen LogP contribution in [0.4, 0.5) is 13.2 Å². The summed E-state index contributed by atoms with van der Waals surface area (Å²) in [6.07, 6.45) is -2.54. The topological polar surface area (TPSA) is 9.23 Å². The van der Waals surface area contributed by atoms with Crippen molar-refractivity contribution < 1.29 is 17.6 Å². The summed E-state index contributed by atoms with van der Waals surface area (Å²) in [5.41, 5.74) is 0.480. The molecule has 0 saturated carbocycles. The maximum atomic E-state index is 12.4. The van der Waals surface area contributed by atoms with Gasteiger partial charge in [-0.25, -0.2) is 0 Å². The van der Waals surface area contributed by atoms with Crippen molar-refractivity contribution in [3.05, 3.63) is 11.6 Å². The van der Waals surface area contributed by atoms with E-state index in [4.69, 9.17) is 4.43 Å². The van der Waals surface area contributed by atoms with Gasteiger partial charge >= 0.3 is 6.18 Å². The number of hydrogen-bond acceptors (Lipinski definition) is 1. The van der Waals surface area contributed by atoms with Crippen LogP contribution in [0.1, 0.15) is 34.1 Å². The van der Waals surface area contributed by atoms with E-state index < -0.39 is 20.4 Å². The van der Waals surface area contributed by atoms with Gasteiger partial charge < -0.3 is 4.43 Å². The van der Waals surface area contributed by atoms with Crippen molar-refractivity contribution in [2.75, 3.05) is 0 Å². The largest absolute Gasteiger partial charge is 0.414 e. The average Bonchev–Trinajstić information content (AvgIpc) is 2.78. The Labute approximate surface area is 109 Å². The number of hydrogen-bond donors (Lipinski definition) is 0. The van der Waals surface area contributed by atoms with Crippen molar-refractivity contribution in [1.82, 2.24) is 0 Å². The van der Waals surface area contributed by atoms with Gasteiger partial charge in [0.1, 0.15) is 0 Å². The standard InChI is InChI=1S/C13H23F3OSi/c1-9(17-18(5,6)12(2,3)4)7-10-8-11(10)13(14,15)16/h8-9,11H,7H2,1-6H3. The summed E-state index contributed by atoms with van der Waals surface area (Å²) in [6, 6.07) is 0. The van der Waals surface area contributed by atoms with Gasteiger partial charge in [0.2, 0.25) is 0 Å². The second-order valence-corrected chi connectivity index (χ2v) is 11.4. The van der Waals surface area contributed by atoms with E-state index in [1.54, 1.807) is 0 Å². The summed E-state index contributed by atoms with van der Waals surface area (Å²) < 4.78 is 43.2. The molecule has 0 radical (unpaired) electrons. The highest BCUT2D eigenvalue weighted by molar-refractivity contribution is 6.74. The van der Waals surface area contributed by atoms with Crippen LogP contribution in [0.3, 0.4) is 0 Å². The van der Waals surface area contributed by atoms with E-state index in [0.717, 1.165) is 0 Å². The van der Waals surface area contributed by atoms with Gasteiger partial charge in [-0.2, -0.15) is 13.2 Å². The van der Waals surface area contributed by atoms with Crippen LogP contribution < -0.4 is 0 Å². The van der Waals surface area contributed by atoms with E-state index in [2.05, 4.69) is 33.9 Å². The highest BCUT2D eigenvalue weighted by Crippen LogP contribution is 2.46. The van der Waals surface area contributed by atoms with Crippen LogP contribution in [-0.2, 0) is 4.43 Å². The molecule has 0 saturated heterocycles. The molecule has 0 fully saturated rings. The molecule has 0 aromatic rings. The first-order valence-electron chi connectivity index (χ1n) is 6.30. The van der Waals surface area contributed by atoms with Crippen LogP contribution in [0.15, 0.2) is 11.6 Å². The van der Waals surface area contributed by atoms with Crippen LogP contribution >= 0.6 is 0 Å². The Kier molecular flexibility index (Phi) is 4.09. The lowest BCUT2D eigenvalue weighted by Crippen LogP contribution is -2.43. The number of alkyl halides is 3. The molecule has 0 aliphatic heterocycles. The molecule has 0 heterocycles. The van der Waals surface area contributed by atoms with Gasteiger partial charge in [-0.3, -0.25) is 0 Å². The molecule has 1 nitrogen and oxygen atoms in total. The fraction of sp³-hybridized carbons (Fsp3) is 0.846. The lowest BCUT2D eigenvalue weighted by Gasteiger charge is -2.38. The Balaban J connectivity index is 2.46. The van der Waals surface area contributed by atoms with Gasteiger partial charge in [-0.05, 0) is 31.5 Å². The van der Waals surface area contributed by atoms with Gasteiger partial charge in [0, 0.05) is 6.10 Å². The van der Waals surface area contributed by atoms with E-state index in [9.17, 15) is 13.2 Å². The molecule has 0 aromatic carbocycles. The summed E-state index contributed by atoms with van der Waals surface area (Å²) in [7, 11) is -1.88. The van der Waals surface area contributed by atoms with Crippen molar-refractivity contribution >= 4 is 8.32 Å². The molecule has 2 atom stereocenters. The van der Waals surface area contributed by atoms with Crippen LogP contribution in [-0.4, -0.2) is 20.6 Å². The lowest BCUT2D eigenvalue weighted by atomic mass is 10.2. The van der Waals surface area contributed by atoms with Crippen LogP contribution in [0.25, 0.3) is 0 Å². The van der Waals surface area contributed by atoms with Crippen molar-refractivity contribution in [2.45, 2.75) is 64.5 Å². The molecule has 106 valence electrons. The van der Waals surface area contributed by atoms with E-state index >= 15 is 0 Å². The van der Waals surface area contributed by atoms with Crippen molar-refractivity contribution in [2.24, 2.45) is 5.92 Å². The Bertz CT molecular complexity index is 339. The number of halogens is 3. The molecular weight excluding hydrogens is 257 g/mol. The fourth-order valence-electron chi connectivity index (χ4n) is 1.72. The zero-order valence-corrected chi connectivity index (χ0v) is 13.0. The van der Waals surface area contributed by atoms with Gasteiger partial charge in [0.25, 0.3) is 0 Å².